The molecule has 0 aromatic heterocycles. The average Bonchev–Trinajstić information content (AvgIpc) is 2.56. The van der Waals surface area contributed by atoms with Crippen LogP contribution in [0, 0.1) is 17.0 Å². The fourth-order valence-electron chi connectivity index (χ4n) is 2.18. The van der Waals surface area contributed by atoms with Gasteiger partial charge in [0.05, 0.1) is 10.6 Å². The van der Waals surface area contributed by atoms with Crippen molar-refractivity contribution in [1.29, 1.82) is 0 Å². The van der Waals surface area contributed by atoms with E-state index < -0.39 is 10.8 Å². The number of hydrogen-bond acceptors (Lipinski definition) is 5. The number of rotatable bonds is 5. The number of para-hydroxylation sites is 1. The summed E-state index contributed by atoms with van der Waals surface area (Å²) in [5, 5.41) is 24.8. The monoisotopic (exact) mass is 327 g/mol. The first-order valence-corrected chi connectivity index (χ1v) is 7.34. The standard InChI is InChI=1S/C17H17N3O4/c1-3-14(13-6-4-5-7-16(13)21)18-19-17(22)12-9-8-11(2)15(10-12)20(23)24/h4-10,21H,3H2,1-2H3,(H,19,22)/b18-14+. The molecule has 0 radical (unpaired) electrons. The number of nitrogens with zero attached hydrogens (tertiary/aromatic N) is 2. The van der Waals surface area contributed by atoms with E-state index in [0.29, 0.717) is 23.3 Å². The molecule has 0 fully saturated rings. The smallest absolute Gasteiger partial charge is 0.273 e. The molecule has 0 saturated heterocycles. The molecule has 124 valence electrons. The second kappa shape index (κ2) is 7.36. The minimum absolute atomic E-state index is 0.0679. The normalized spacial score (nSPS) is 11.2. The van der Waals surface area contributed by atoms with Gasteiger partial charge in [0.2, 0.25) is 0 Å². The Hall–Kier alpha value is -3.22. The number of hydrogen-bond donors (Lipinski definition) is 2. The summed E-state index contributed by atoms with van der Waals surface area (Å²) in [6, 6.07) is 10.9. The van der Waals surface area contributed by atoms with Gasteiger partial charge in [-0.15, -0.1) is 0 Å². The number of carbonyl (C=O) groups excluding carboxylic acids is 1. The third-order valence-corrected chi connectivity index (χ3v) is 3.51. The first kappa shape index (κ1) is 17.1. The van der Waals surface area contributed by atoms with Crippen LogP contribution >= 0.6 is 0 Å². The van der Waals surface area contributed by atoms with Crippen molar-refractivity contribution in [2.24, 2.45) is 5.10 Å². The van der Waals surface area contributed by atoms with E-state index in [2.05, 4.69) is 10.5 Å². The maximum absolute atomic E-state index is 12.2. The second-order valence-corrected chi connectivity index (χ2v) is 5.13. The summed E-state index contributed by atoms with van der Waals surface area (Å²) in [4.78, 5) is 22.6. The Kier molecular flexibility index (Phi) is 5.26. The number of phenolic OH excluding ortho intramolecular Hbond substituents is 1. The summed E-state index contributed by atoms with van der Waals surface area (Å²) in [6.45, 7) is 3.44. The Morgan fingerprint density at radius 3 is 2.62 bits per heavy atom. The fraction of sp³-hybridized carbons (Fsp3) is 0.176. The van der Waals surface area contributed by atoms with Crippen LogP contribution in [0.3, 0.4) is 0 Å². The van der Waals surface area contributed by atoms with Gasteiger partial charge in [0, 0.05) is 22.8 Å². The van der Waals surface area contributed by atoms with E-state index in [1.807, 2.05) is 6.92 Å². The third kappa shape index (κ3) is 3.75. The molecule has 0 saturated carbocycles. The molecule has 0 atom stereocenters. The molecule has 0 aliphatic rings. The lowest BCUT2D eigenvalue weighted by molar-refractivity contribution is -0.385. The van der Waals surface area contributed by atoms with E-state index in [1.54, 1.807) is 25.1 Å². The van der Waals surface area contributed by atoms with Gasteiger partial charge in [-0.05, 0) is 31.5 Å². The van der Waals surface area contributed by atoms with Gasteiger partial charge in [-0.3, -0.25) is 14.9 Å². The number of aryl methyl sites for hydroxylation is 1. The Morgan fingerprint density at radius 2 is 2.00 bits per heavy atom. The number of aromatic hydroxyl groups is 1. The van der Waals surface area contributed by atoms with Gasteiger partial charge in [-0.2, -0.15) is 5.10 Å². The van der Waals surface area contributed by atoms with Crippen LogP contribution in [0.25, 0.3) is 0 Å². The zero-order chi connectivity index (χ0) is 17.7. The minimum Gasteiger partial charge on any atom is -0.507 e. The zero-order valence-electron chi connectivity index (χ0n) is 13.3. The largest absolute Gasteiger partial charge is 0.507 e. The topological polar surface area (TPSA) is 105 Å². The molecule has 0 bridgehead atoms. The van der Waals surface area contributed by atoms with Crippen LogP contribution in [0.15, 0.2) is 47.6 Å². The molecule has 1 amide bonds. The number of carbonyl (C=O) groups is 1. The quantitative estimate of drug-likeness (QED) is 0.500. The Bertz CT molecular complexity index is 815. The molecule has 24 heavy (non-hydrogen) atoms. The lowest BCUT2D eigenvalue weighted by Crippen LogP contribution is -2.20. The SMILES string of the molecule is CC/C(=N\NC(=O)c1ccc(C)c([N+](=O)[O-])c1)c1ccccc1O. The highest BCUT2D eigenvalue weighted by Gasteiger charge is 2.15. The molecular formula is C17H17N3O4. The van der Waals surface area contributed by atoms with E-state index in [0.717, 1.165) is 0 Å². The van der Waals surface area contributed by atoms with Crippen LogP contribution in [0.1, 0.15) is 34.8 Å². The van der Waals surface area contributed by atoms with Crippen molar-refractivity contribution in [2.75, 3.05) is 0 Å². The van der Waals surface area contributed by atoms with Crippen molar-refractivity contribution in [1.82, 2.24) is 5.43 Å². The molecule has 0 heterocycles. The summed E-state index contributed by atoms with van der Waals surface area (Å²) in [5.41, 5.74) is 3.90. The van der Waals surface area contributed by atoms with E-state index in [-0.39, 0.29) is 17.0 Å². The Balaban J connectivity index is 2.24. The molecule has 0 unspecified atom stereocenters. The van der Waals surface area contributed by atoms with Crippen LogP contribution in [0.5, 0.6) is 5.75 Å². The number of nitro groups is 1. The highest BCUT2D eigenvalue weighted by atomic mass is 16.6. The summed E-state index contributed by atoms with van der Waals surface area (Å²) in [7, 11) is 0. The number of nitro benzene ring substituents is 1. The Morgan fingerprint density at radius 1 is 1.29 bits per heavy atom. The molecule has 0 aliphatic carbocycles. The highest BCUT2D eigenvalue weighted by molar-refractivity contribution is 6.04. The highest BCUT2D eigenvalue weighted by Crippen LogP contribution is 2.20. The van der Waals surface area contributed by atoms with Crippen molar-refractivity contribution < 1.29 is 14.8 Å². The molecule has 0 aliphatic heterocycles. The van der Waals surface area contributed by atoms with Crippen molar-refractivity contribution in [2.45, 2.75) is 20.3 Å². The first-order valence-electron chi connectivity index (χ1n) is 7.34. The van der Waals surface area contributed by atoms with Crippen molar-refractivity contribution in [3.63, 3.8) is 0 Å². The van der Waals surface area contributed by atoms with E-state index in [4.69, 9.17) is 0 Å². The molecule has 2 aromatic rings. The van der Waals surface area contributed by atoms with Crippen LogP contribution in [-0.2, 0) is 0 Å². The average molecular weight is 327 g/mol. The van der Waals surface area contributed by atoms with Gasteiger partial charge in [-0.1, -0.05) is 25.1 Å². The third-order valence-electron chi connectivity index (χ3n) is 3.51. The molecule has 7 heteroatoms. The molecular weight excluding hydrogens is 310 g/mol. The zero-order valence-corrected chi connectivity index (χ0v) is 13.3. The van der Waals surface area contributed by atoms with Crippen LogP contribution < -0.4 is 5.43 Å². The number of hydrazone groups is 1. The van der Waals surface area contributed by atoms with Crippen molar-refractivity contribution >= 4 is 17.3 Å². The van der Waals surface area contributed by atoms with Crippen molar-refractivity contribution in [3.8, 4) is 5.75 Å². The predicted octanol–water partition coefficient (Wildman–Crippen LogP) is 3.15. The number of benzene rings is 2. The van der Waals surface area contributed by atoms with Crippen LogP contribution in [-0.4, -0.2) is 21.6 Å². The molecule has 2 rings (SSSR count). The van der Waals surface area contributed by atoms with E-state index >= 15 is 0 Å². The van der Waals surface area contributed by atoms with Gasteiger partial charge < -0.3 is 5.11 Å². The number of nitrogens with one attached hydrogen (secondary N) is 1. The Labute approximate surface area is 138 Å². The van der Waals surface area contributed by atoms with Gasteiger partial charge in [0.1, 0.15) is 5.75 Å². The summed E-state index contributed by atoms with van der Waals surface area (Å²) in [6.07, 6.45) is 0.492. The van der Waals surface area contributed by atoms with Crippen LogP contribution in [0.2, 0.25) is 0 Å². The van der Waals surface area contributed by atoms with Gasteiger partial charge in [0.15, 0.2) is 0 Å². The lowest BCUT2D eigenvalue weighted by atomic mass is 10.1. The molecule has 2 N–H and O–H groups in total. The minimum atomic E-state index is -0.556. The maximum atomic E-state index is 12.2. The van der Waals surface area contributed by atoms with Gasteiger partial charge in [-0.25, -0.2) is 5.43 Å². The summed E-state index contributed by atoms with van der Waals surface area (Å²) < 4.78 is 0. The van der Waals surface area contributed by atoms with E-state index in [1.165, 1.54) is 24.3 Å². The number of amides is 1. The van der Waals surface area contributed by atoms with Gasteiger partial charge in [0.25, 0.3) is 11.6 Å². The molecule has 2 aromatic carbocycles. The van der Waals surface area contributed by atoms with Gasteiger partial charge >= 0.3 is 0 Å². The second-order valence-electron chi connectivity index (χ2n) is 5.13. The summed E-state index contributed by atoms with van der Waals surface area (Å²) in [5.74, 6) is -0.488. The van der Waals surface area contributed by atoms with Crippen LogP contribution in [0.4, 0.5) is 5.69 Å². The predicted molar refractivity (Wildman–Crippen MR) is 90.2 cm³/mol. The van der Waals surface area contributed by atoms with E-state index in [9.17, 15) is 20.0 Å². The molecule has 0 spiro atoms. The fourth-order valence-corrected chi connectivity index (χ4v) is 2.18. The maximum Gasteiger partial charge on any atom is 0.273 e. The first-order chi connectivity index (χ1) is 11.4. The lowest BCUT2D eigenvalue weighted by Gasteiger charge is -2.07. The number of phenols is 1. The van der Waals surface area contributed by atoms with Crippen molar-refractivity contribution in [3.05, 3.63) is 69.3 Å². The summed E-state index contributed by atoms with van der Waals surface area (Å²) >= 11 is 0. The molecule has 7 nitrogen and oxygen atoms in total.